The molecule has 0 saturated carbocycles. The Morgan fingerprint density at radius 1 is 1.21 bits per heavy atom. The summed E-state index contributed by atoms with van der Waals surface area (Å²) in [5.41, 5.74) is 4.85. The third-order valence-corrected chi connectivity index (χ3v) is 5.11. The van der Waals surface area contributed by atoms with Gasteiger partial charge in [0.1, 0.15) is 5.75 Å². The number of benzene rings is 1. The molecule has 4 aromatic rings. The van der Waals surface area contributed by atoms with Crippen LogP contribution in [-0.4, -0.2) is 58.1 Å². The van der Waals surface area contributed by atoms with Crippen molar-refractivity contribution in [2.75, 3.05) is 38.4 Å². The molecule has 0 radical (unpaired) electrons. The Bertz CT molecular complexity index is 1340. The fourth-order valence-corrected chi connectivity index (χ4v) is 3.45. The summed E-state index contributed by atoms with van der Waals surface area (Å²) in [7, 11) is 5.47. The first-order valence-corrected chi connectivity index (χ1v) is 10.8. The van der Waals surface area contributed by atoms with Crippen molar-refractivity contribution in [2.45, 2.75) is 6.92 Å². The van der Waals surface area contributed by atoms with Crippen molar-refractivity contribution in [3.05, 3.63) is 72.7 Å². The zero-order valence-corrected chi connectivity index (χ0v) is 19.6. The van der Waals surface area contributed by atoms with Crippen molar-refractivity contribution in [3.8, 4) is 17.0 Å². The van der Waals surface area contributed by atoms with Gasteiger partial charge in [-0.25, -0.2) is 14.5 Å². The highest BCUT2D eigenvalue weighted by molar-refractivity contribution is 5.99. The van der Waals surface area contributed by atoms with Gasteiger partial charge in [0, 0.05) is 36.3 Å². The van der Waals surface area contributed by atoms with Gasteiger partial charge in [0.15, 0.2) is 0 Å². The van der Waals surface area contributed by atoms with E-state index in [1.54, 1.807) is 43.8 Å². The number of nitrogens with zero attached hydrogens (tertiary/aromatic N) is 5. The minimum Gasteiger partial charge on any atom is -0.495 e. The van der Waals surface area contributed by atoms with Crippen LogP contribution in [-0.2, 0) is 4.79 Å². The summed E-state index contributed by atoms with van der Waals surface area (Å²) in [5, 5.41) is 10.5. The van der Waals surface area contributed by atoms with Gasteiger partial charge in [-0.2, -0.15) is 5.10 Å². The Balaban J connectivity index is 1.60. The van der Waals surface area contributed by atoms with Crippen LogP contribution in [0.4, 0.5) is 17.3 Å². The number of nitrogens with one attached hydrogen (secondary N) is 2. The van der Waals surface area contributed by atoms with Gasteiger partial charge < -0.3 is 20.3 Å². The van der Waals surface area contributed by atoms with Crippen LogP contribution < -0.4 is 15.4 Å². The summed E-state index contributed by atoms with van der Waals surface area (Å²) in [4.78, 5) is 23.4. The zero-order valence-electron chi connectivity index (χ0n) is 19.6. The average molecular weight is 458 g/mol. The molecular weight excluding hydrogens is 430 g/mol. The van der Waals surface area contributed by atoms with Gasteiger partial charge in [-0.1, -0.05) is 12.1 Å². The lowest BCUT2D eigenvalue weighted by Gasteiger charge is -2.13. The molecule has 1 aromatic carbocycles. The van der Waals surface area contributed by atoms with E-state index in [2.05, 4.69) is 20.7 Å². The zero-order chi connectivity index (χ0) is 24.1. The Morgan fingerprint density at radius 3 is 2.85 bits per heavy atom. The predicted octanol–water partition coefficient (Wildman–Crippen LogP) is 3.91. The first-order chi connectivity index (χ1) is 16.4. The molecule has 0 aliphatic carbocycles. The monoisotopic (exact) mass is 457 g/mol. The molecule has 0 spiro atoms. The lowest BCUT2D eigenvalue weighted by molar-refractivity contribution is -0.111. The average Bonchev–Trinajstić information content (AvgIpc) is 3.24. The van der Waals surface area contributed by atoms with Crippen LogP contribution in [0.5, 0.6) is 5.75 Å². The number of pyridine rings is 1. The number of fused-ring (bicyclic) bond motifs is 1. The summed E-state index contributed by atoms with van der Waals surface area (Å²) < 4.78 is 7.30. The second kappa shape index (κ2) is 10.1. The van der Waals surface area contributed by atoms with Gasteiger partial charge in [-0.05, 0) is 56.9 Å². The summed E-state index contributed by atoms with van der Waals surface area (Å²) in [6.07, 6.45) is 8.79. The second-order valence-electron chi connectivity index (χ2n) is 8.01. The van der Waals surface area contributed by atoms with Gasteiger partial charge >= 0.3 is 0 Å². The van der Waals surface area contributed by atoms with E-state index < -0.39 is 0 Å². The number of likely N-dealkylation sites (N-methyl/N-ethyl adjacent to an activating group) is 1. The van der Waals surface area contributed by atoms with Crippen molar-refractivity contribution < 1.29 is 9.53 Å². The molecule has 0 aliphatic rings. The number of hydrogen-bond donors (Lipinski definition) is 2. The molecule has 0 aliphatic heterocycles. The summed E-state index contributed by atoms with van der Waals surface area (Å²) in [5.74, 6) is 0.798. The van der Waals surface area contributed by atoms with Crippen LogP contribution >= 0.6 is 0 Å². The van der Waals surface area contributed by atoms with Crippen LogP contribution in [0, 0.1) is 6.92 Å². The third-order valence-electron chi connectivity index (χ3n) is 5.11. The SMILES string of the molecule is COc1ccc(NC(=O)/C=C/CN(C)C)cc1Nc1ncc(C)c(-c2cnn3ccccc23)n1. The van der Waals surface area contributed by atoms with Gasteiger partial charge in [-0.15, -0.1) is 0 Å². The lowest BCUT2D eigenvalue weighted by atomic mass is 10.1. The highest BCUT2D eigenvalue weighted by atomic mass is 16.5. The normalized spacial score (nSPS) is 11.3. The highest BCUT2D eigenvalue weighted by Crippen LogP contribution is 2.31. The van der Waals surface area contributed by atoms with Crippen LogP contribution in [0.2, 0.25) is 0 Å². The van der Waals surface area contributed by atoms with Gasteiger partial charge in [0.05, 0.1) is 30.2 Å². The number of rotatable bonds is 8. The topological polar surface area (TPSA) is 96.7 Å². The second-order valence-corrected chi connectivity index (χ2v) is 8.01. The Morgan fingerprint density at radius 2 is 2.06 bits per heavy atom. The van der Waals surface area contributed by atoms with Crippen molar-refractivity contribution in [2.24, 2.45) is 0 Å². The van der Waals surface area contributed by atoms with Gasteiger partial charge in [-0.3, -0.25) is 4.79 Å². The van der Waals surface area contributed by atoms with E-state index >= 15 is 0 Å². The number of methoxy groups -OCH3 is 1. The van der Waals surface area contributed by atoms with Crippen LogP contribution in [0.25, 0.3) is 16.8 Å². The lowest BCUT2D eigenvalue weighted by Crippen LogP contribution is -2.13. The fraction of sp³-hybridized carbons (Fsp3) is 0.200. The maximum absolute atomic E-state index is 12.2. The van der Waals surface area contributed by atoms with Crippen LogP contribution in [0.3, 0.4) is 0 Å². The highest BCUT2D eigenvalue weighted by Gasteiger charge is 2.14. The largest absolute Gasteiger partial charge is 0.495 e. The van der Waals surface area contributed by atoms with E-state index in [9.17, 15) is 4.79 Å². The van der Waals surface area contributed by atoms with E-state index in [-0.39, 0.29) is 5.91 Å². The first kappa shape index (κ1) is 22.9. The maximum atomic E-state index is 12.2. The van der Waals surface area contributed by atoms with Crippen LogP contribution in [0.15, 0.2) is 67.1 Å². The van der Waals surface area contributed by atoms with E-state index in [4.69, 9.17) is 9.72 Å². The summed E-state index contributed by atoms with van der Waals surface area (Å²) in [6, 6.07) is 11.2. The molecule has 0 unspecified atom stereocenters. The molecule has 0 atom stereocenters. The van der Waals surface area contributed by atoms with Crippen molar-refractivity contribution >= 4 is 28.7 Å². The number of hydrogen-bond acceptors (Lipinski definition) is 7. The van der Waals surface area contributed by atoms with Crippen molar-refractivity contribution in [1.82, 2.24) is 24.5 Å². The molecule has 0 bridgehead atoms. The van der Waals surface area contributed by atoms with Crippen molar-refractivity contribution in [1.29, 1.82) is 0 Å². The molecule has 1 amide bonds. The van der Waals surface area contributed by atoms with Crippen LogP contribution in [0.1, 0.15) is 5.56 Å². The van der Waals surface area contributed by atoms with E-state index in [0.29, 0.717) is 29.6 Å². The van der Waals surface area contributed by atoms with Crippen molar-refractivity contribution in [3.63, 3.8) is 0 Å². The molecule has 4 rings (SSSR count). The quantitative estimate of drug-likeness (QED) is 0.387. The van der Waals surface area contributed by atoms with Gasteiger partial charge in [0.2, 0.25) is 11.9 Å². The molecule has 3 aromatic heterocycles. The molecule has 34 heavy (non-hydrogen) atoms. The molecule has 9 nitrogen and oxygen atoms in total. The number of carbonyl (C=O) groups is 1. The maximum Gasteiger partial charge on any atom is 0.248 e. The minimum atomic E-state index is -0.208. The first-order valence-electron chi connectivity index (χ1n) is 10.8. The van der Waals surface area contributed by atoms with E-state index in [1.807, 2.05) is 54.8 Å². The predicted molar refractivity (Wildman–Crippen MR) is 134 cm³/mol. The summed E-state index contributed by atoms with van der Waals surface area (Å²) in [6.45, 7) is 2.65. The number of carbonyl (C=O) groups excluding carboxylic acids is 1. The molecular formula is C25H27N7O2. The molecule has 2 N–H and O–H groups in total. The Kier molecular flexibility index (Phi) is 6.84. The standard InChI is InChI=1S/C25H27N7O2/c1-17-15-26-25(30-24(17)19-16-27-32-13-6-5-8-21(19)32)29-20-14-18(10-11-22(20)34-4)28-23(33)9-7-12-31(2)3/h5-11,13-16H,12H2,1-4H3,(H,28,33)(H,26,29,30)/b9-7+. The fourth-order valence-electron chi connectivity index (χ4n) is 3.45. The van der Waals surface area contributed by atoms with E-state index in [1.165, 1.54) is 6.08 Å². The number of ether oxygens (including phenoxy) is 1. The summed E-state index contributed by atoms with van der Waals surface area (Å²) >= 11 is 0. The molecule has 174 valence electrons. The van der Waals surface area contributed by atoms with Gasteiger partial charge in [0.25, 0.3) is 0 Å². The smallest absolute Gasteiger partial charge is 0.248 e. The molecule has 3 heterocycles. The minimum absolute atomic E-state index is 0.208. The Hall–Kier alpha value is -4.24. The number of aromatic nitrogens is 4. The van der Waals surface area contributed by atoms with E-state index in [0.717, 1.165) is 22.3 Å². The molecule has 0 fully saturated rings. The third kappa shape index (κ3) is 5.21. The molecule has 0 saturated heterocycles. The number of amides is 1. The number of aryl methyl sites for hydroxylation is 1. The number of anilines is 3. The molecule has 9 heteroatoms. The Labute approximate surface area is 198 Å².